The zero-order valence-corrected chi connectivity index (χ0v) is 16.1. The monoisotopic (exact) mass is 357 g/mol. The van der Waals surface area contributed by atoms with Gasteiger partial charge in [0.1, 0.15) is 11.9 Å². The average Bonchev–Trinajstić information content (AvgIpc) is 2.69. The molecule has 0 saturated heterocycles. The highest BCUT2D eigenvalue weighted by Crippen LogP contribution is 2.41. The molecular formula is C22H31NO3. The molecule has 142 valence electrons. The van der Waals surface area contributed by atoms with Gasteiger partial charge in [0.05, 0.1) is 24.2 Å². The molecular weight excluding hydrogens is 326 g/mol. The molecule has 0 unspecified atom stereocenters. The zero-order chi connectivity index (χ0) is 18.8. The lowest BCUT2D eigenvalue weighted by Crippen LogP contribution is -2.31. The van der Waals surface area contributed by atoms with Gasteiger partial charge in [-0.15, -0.1) is 0 Å². The standard InChI is InChI=1S/C22H31NO3/c1-3-4-5-6-7-14-22(17-23)15-12-20(13-16-22)26-21(24)18-8-10-19(25-2)11-9-18/h8-11,20H,3-7,12-16H2,1-2H3/t20-,22+. The molecule has 2 rings (SSSR count). The second-order valence-electron chi connectivity index (χ2n) is 7.39. The van der Waals surface area contributed by atoms with Crippen LogP contribution in [0.4, 0.5) is 0 Å². The van der Waals surface area contributed by atoms with E-state index in [1.54, 1.807) is 31.4 Å². The van der Waals surface area contributed by atoms with E-state index < -0.39 is 0 Å². The van der Waals surface area contributed by atoms with Crippen molar-refractivity contribution in [2.24, 2.45) is 5.41 Å². The highest BCUT2D eigenvalue weighted by atomic mass is 16.5. The summed E-state index contributed by atoms with van der Waals surface area (Å²) in [5, 5.41) is 9.67. The van der Waals surface area contributed by atoms with Gasteiger partial charge in [-0.25, -0.2) is 4.79 Å². The minimum Gasteiger partial charge on any atom is -0.497 e. The number of benzene rings is 1. The number of carbonyl (C=O) groups excluding carboxylic acids is 1. The van der Waals surface area contributed by atoms with Gasteiger partial charge in [-0.05, 0) is 56.4 Å². The molecule has 0 aromatic heterocycles. The molecule has 0 heterocycles. The van der Waals surface area contributed by atoms with E-state index in [1.807, 2.05) is 0 Å². The topological polar surface area (TPSA) is 59.3 Å². The summed E-state index contributed by atoms with van der Waals surface area (Å²) in [4.78, 5) is 12.3. The lowest BCUT2D eigenvalue weighted by molar-refractivity contribution is 0.0105. The SMILES string of the molecule is CCCCCCC[C@]1(C#N)CC[C@@H](OC(=O)c2ccc(OC)cc2)CC1. The third-order valence-electron chi connectivity index (χ3n) is 5.49. The van der Waals surface area contributed by atoms with Gasteiger partial charge >= 0.3 is 5.97 Å². The Labute approximate surface area is 157 Å². The van der Waals surface area contributed by atoms with Crippen LogP contribution in [0, 0.1) is 16.7 Å². The van der Waals surface area contributed by atoms with Crippen LogP contribution in [-0.2, 0) is 4.74 Å². The van der Waals surface area contributed by atoms with Gasteiger partial charge < -0.3 is 9.47 Å². The van der Waals surface area contributed by atoms with Crippen molar-refractivity contribution in [3.8, 4) is 11.8 Å². The van der Waals surface area contributed by atoms with Crippen molar-refractivity contribution in [2.45, 2.75) is 77.2 Å². The summed E-state index contributed by atoms with van der Waals surface area (Å²) >= 11 is 0. The van der Waals surface area contributed by atoms with Gasteiger partial charge in [-0.1, -0.05) is 39.0 Å². The fourth-order valence-corrected chi connectivity index (χ4v) is 3.69. The zero-order valence-electron chi connectivity index (χ0n) is 16.1. The molecule has 1 aliphatic carbocycles. The molecule has 0 amide bonds. The van der Waals surface area contributed by atoms with Gasteiger partial charge in [0, 0.05) is 0 Å². The lowest BCUT2D eigenvalue weighted by atomic mass is 9.71. The maximum absolute atomic E-state index is 12.3. The van der Waals surface area contributed by atoms with Crippen molar-refractivity contribution in [2.75, 3.05) is 7.11 Å². The molecule has 4 heteroatoms. The number of ether oxygens (including phenoxy) is 2. The summed E-state index contributed by atoms with van der Waals surface area (Å²) in [6.45, 7) is 2.21. The number of nitriles is 1. The second-order valence-corrected chi connectivity index (χ2v) is 7.39. The van der Waals surface area contributed by atoms with Gasteiger partial charge in [0.15, 0.2) is 0 Å². The summed E-state index contributed by atoms with van der Waals surface area (Å²) in [6, 6.07) is 9.54. The quantitative estimate of drug-likeness (QED) is 0.422. The summed E-state index contributed by atoms with van der Waals surface area (Å²) in [7, 11) is 1.60. The van der Waals surface area contributed by atoms with Crippen LogP contribution in [-0.4, -0.2) is 19.2 Å². The molecule has 1 aromatic rings. The van der Waals surface area contributed by atoms with Crippen molar-refractivity contribution >= 4 is 5.97 Å². The maximum Gasteiger partial charge on any atom is 0.338 e. The Morgan fingerprint density at radius 2 is 1.81 bits per heavy atom. The Morgan fingerprint density at radius 1 is 1.15 bits per heavy atom. The Balaban J connectivity index is 1.78. The molecule has 0 bridgehead atoms. The summed E-state index contributed by atoms with van der Waals surface area (Å²) < 4.78 is 10.8. The first-order valence-corrected chi connectivity index (χ1v) is 9.89. The van der Waals surface area contributed by atoms with Crippen molar-refractivity contribution in [1.29, 1.82) is 5.26 Å². The predicted molar refractivity (Wildman–Crippen MR) is 102 cm³/mol. The summed E-state index contributed by atoms with van der Waals surface area (Å²) in [5.41, 5.74) is 0.328. The van der Waals surface area contributed by atoms with Crippen LogP contribution in [0.2, 0.25) is 0 Å². The van der Waals surface area contributed by atoms with E-state index in [2.05, 4.69) is 13.0 Å². The molecule has 0 atom stereocenters. The maximum atomic E-state index is 12.3. The molecule has 1 saturated carbocycles. The van der Waals surface area contributed by atoms with Gasteiger partial charge in [-0.3, -0.25) is 0 Å². The third kappa shape index (κ3) is 5.76. The third-order valence-corrected chi connectivity index (χ3v) is 5.49. The molecule has 1 fully saturated rings. The normalized spacial score (nSPS) is 22.4. The highest BCUT2D eigenvalue weighted by molar-refractivity contribution is 5.89. The van der Waals surface area contributed by atoms with E-state index in [9.17, 15) is 10.1 Å². The number of rotatable bonds is 9. The Kier molecular flexibility index (Phi) is 7.97. The molecule has 0 N–H and O–H groups in total. The molecule has 0 radical (unpaired) electrons. The second kappa shape index (κ2) is 10.2. The van der Waals surface area contributed by atoms with Crippen LogP contribution >= 0.6 is 0 Å². The Bertz CT molecular complexity index is 595. The van der Waals surface area contributed by atoms with Crippen molar-refractivity contribution in [1.82, 2.24) is 0 Å². The summed E-state index contributed by atoms with van der Waals surface area (Å²) in [5.74, 6) is 0.429. The van der Waals surface area contributed by atoms with Gasteiger partial charge in [0.2, 0.25) is 0 Å². The molecule has 26 heavy (non-hydrogen) atoms. The van der Waals surface area contributed by atoms with E-state index in [4.69, 9.17) is 9.47 Å². The van der Waals surface area contributed by atoms with Crippen molar-refractivity contribution in [3.05, 3.63) is 29.8 Å². The molecule has 1 aromatic carbocycles. The highest BCUT2D eigenvalue weighted by Gasteiger charge is 2.36. The number of esters is 1. The van der Waals surface area contributed by atoms with Crippen molar-refractivity contribution in [3.63, 3.8) is 0 Å². The Morgan fingerprint density at radius 3 is 2.38 bits per heavy atom. The van der Waals surface area contributed by atoms with E-state index in [0.717, 1.165) is 44.3 Å². The minimum absolute atomic E-state index is 0.0776. The van der Waals surface area contributed by atoms with Crippen LogP contribution in [0.3, 0.4) is 0 Å². The number of nitrogens with zero attached hydrogens (tertiary/aromatic N) is 1. The molecule has 0 aliphatic heterocycles. The largest absolute Gasteiger partial charge is 0.497 e. The van der Waals surface area contributed by atoms with E-state index >= 15 is 0 Å². The number of hydrogen-bond acceptors (Lipinski definition) is 4. The van der Waals surface area contributed by atoms with E-state index in [-0.39, 0.29) is 17.5 Å². The smallest absolute Gasteiger partial charge is 0.338 e. The molecule has 1 aliphatic rings. The molecule has 4 nitrogen and oxygen atoms in total. The van der Waals surface area contributed by atoms with Gasteiger partial charge in [0.25, 0.3) is 0 Å². The van der Waals surface area contributed by atoms with Crippen molar-refractivity contribution < 1.29 is 14.3 Å². The molecule has 0 spiro atoms. The van der Waals surface area contributed by atoms with Gasteiger partial charge in [-0.2, -0.15) is 5.26 Å². The number of hydrogen-bond donors (Lipinski definition) is 0. The van der Waals surface area contributed by atoms with Crippen LogP contribution in [0.5, 0.6) is 5.75 Å². The predicted octanol–water partition coefficient (Wildman–Crippen LogP) is 5.67. The van der Waals surface area contributed by atoms with E-state index in [1.165, 1.54) is 25.7 Å². The van der Waals surface area contributed by atoms with Crippen LogP contribution in [0.25, 0.3) is 0 Å². The first kappa shape index (κ1) is 20.3. The number of carbonyl (C=O) groups is 1. The van der Waals surface area contributed by atoms with E-state index in [0.29, 0.717) is 5.56 Å². The number of methoxy groups -OCH3 is 1. The number of unbranched alkanes of at least 4 members (excludes halogenated alkanes) is 4. The fourth-order valence-electron chi connectivity index (χ4n) is 3.69. The average molecular weight is 357 g/mol. The summed E-state index contributed by atoms with van der Waals surface area (Å²) in [6.07, 6.45) is 10.3. The Hall–Kier alpha value is -2.02. The minimum atomic E-state index is -0.290. The first-order chi connectivity index (χ1) is 12.6. The first-order valence-electron chi connectivity index (χ1n) is 9.89. The van der Waals surface area contributed by atoms with Crippen LogP contribution in [0.1, 0.15) is 81.5 Å². The van der Waals surface area contributed by atoms with Crippen LogP contribution in [0.15, 0.2) is 24.3 Å². The van der Waals surface area contributed by atoms with Crippen LogP contribution < -0.4 is 4.74 Å². The fraction of sp³-hybridized carbons (Fsp3) is 0.636. The lowest BCUT2D eigenvalue weighted by Gasteiger charge is -2.34.